The summed E-state index contributed by atoms with van der Waals surface area (Å²) < 4.78 is 0. The van der Waals surface area contributed by atoms with E-state index in [9.17, 15) is 0 Å². The number of hydrogen-bond donors (Lipinski definition) is 1. The van der Waals surface area contributed by atoms with Crippen LogP contribution in [0.2, 0.25) is 0 Å². The molecule has 1 N–H and O–H groups in total. The van der Waals surface area contributed by atoms with Crippen molar-refractivity contribution in [3.8, 4) is 0 Å². The van der Waals surface area contributed by atoms with Gasteiger partial charge in [-0.1, -0.05) is 38.1 Å². The van der Waals surface area contributed by atoms with Crippen LogP contribution >= 0.6 is 0 Å². The molecule has 2 heteroatoms. The largest absolute Gasteiger partial charge is 0.305 e. The summed E-state index contributed by atoms with van der Waals surface area (Å²) in [4.78, 5) is 4.53. The third-order valence-electron chi connectivity index (χ3n) is 3.33. The van der Waals surface area contributed by atoms with Crippen molar-refractivity contribution in [3.63, 3.8) is 0 Å². The lowest BCUT2D eigenvalue weighted by atomic mass is 9.99. The van der Waals surface area contributed by atoms with Gasteiger partial charge in [-0.25, -0.2) is 0 Å². The molecule has 1 atom stereocenters. The van der Waals surface area contributed by atoms with Gasteiger partial charge in [0, 0.05) is 6.20 Å². The van der Waals surface area contributed by atoms with Crippen LogP contribution in [0.15, 0.2) is 42.6 Å². The van der Waals surface area contributed by atoms with Crippen molar-refractivity contribution in [2.45, 2.75) is 33.2 Å². The van der Waals surface area contributed by atoms with E-state index in [0.717, 1.165) is 18.7 Å². The van der Waals surface area contributed by atoms with E-state index in [1.54, 1.807) is 0 Å². The molecule has 0 radical (unpaired) electrons. The second kappa shape index (κ2) is 6.48. The predicted molar refractivity (Wildman–Crippen MR) is 80.3 cm³/mol. The third kappa shape index (κ3) is 3.42. The van der Waals surface area contributed by atoms with E-state index in [1.165, 1.54) is 16.7 Å². The highest BCUT2D eigenvalue weighted by Gasteiger charge is 2.14. The maximum atomic E-state index is 4.53. The van der Waals surface area contributed by atoms with Crippen molar-refractivity contribution in [2.24, 2.45) is 0 Å². The summed E-state index contributed by atoms with van der Waals surface area (Å²) in [5.74, 6) is 0. The van der Waals surface area contributed by atoms with Gasteiger partial charge in [0.05, 0.1) is 11.7 Å². The number of rotatable bonds is 5. The SMILES string of the molecule is CCNC(c1cccc(CC)c1)c1cc(C)ccn1. The topological polar surface area (TPSA) is 24.9 Å². The van der Waals surface area contributed by atoms with Crippen LogP contribution in [-0.4, -0.2) is 11.5 Å². The van der Waals surface area contributed by atoms with Gasteiger partial charge in [0.25, 0.3) is 0 Å². The summed E-state index contributed by atoms with van der Waals surface area (Å²) >= 11 is 0. The van der Waals surface area contributed by atoms with Crippen LogP contribution in [0.25, 0.3) is 0 Å². The zero-order valence-corrected chi connectivity index (χ0v) is 12.0. The van der Waals surface area contributed by atoms with Gasteiger partial charge >= 0.3 is 0 Å². The first-order valence-corrected chi connectivity index (χ1v) is 6.99. The fourth-order valence-corrected chi connectivity index (χ4v) is 2.31. The second-order valence-corrected chi connectivity index (χ2v) is 4.85. The molecule has 0 bridgehead atoms. The van der Waals surface area contributed by atoms with Crippen LogP contribution < -0.4 is 5.32 Å². The van der Waals surface area contributed by atoms with E-state index in [2.05, 4.69) is 61.4 Å². The number of nitrogens with zero attached hydrogens (tertiary/aromatic N) is 1. The fourth-order valence-electron chi connectivity index (χ4n) is 2.31. The van der Waals surface area contributed by atoms with Crippen molar-refractivity contribution in [3.05, 3.63) is 65.0 Å². The van der Waals surface area contributed by atoms with Crippen molar-refractivity contribution in [2.75, 3.05) is 6.54 Å². The van der Waals surface area contributed by atoms with Crippen LogP contribution in [0.5, 0.6) is 0 Å². The van der Waals surface area contributed by atoms with E-state index in [1.807, 2.05) is 12.3 Å². The van der Waals surface area contributed by atoms with Crippen molar-refractivity contribution < 1.29 is 0 Å². The summed E-state index contributed by atoms with van der Waals surface area (Å²) in [5, 5.41) is 3.53. The Morgan fingerprint density at radius 2 is 2.00 bits per heavy atom. The first-order valence-electron chi connectivity index (χ1n) is 6.99. The molecule has 100 valence electrons. The van der Waals surface area contributed by atoms with Crippen molar-refractivity contribution in [1.29, 1.82) is 0 Å². The van der Waals surface area contributed by atoms with Crippen molar-refractivity contribution in [1.82, 2.24) is 10.3 Å². The zero-order chi connectivity index (χ0) is 13.7. The zero-order valence-electron chi connectivity index (χ0n) is 12.0. The molecular formula is C17H22N2. The monoisotopic (exact) mass is 254 g/mol. The minimum absolute atomic E-state index is 0.177. The van der Waals surface area contributed by atoms with Gasteiger partial charge in [-0.05, 0) is 48.7 Å². The standard InChI is InChI=1S/C17H22N2/c1-4-14-7-6-8-15(12-14)17(18-5-2)16-11-13(3)9-10-19-16/h6-12,17-18H,4-5H2,1-3H3. The summed E-state index contributed by atoms with van der Waals surface area (Å²) in [6.45, 7) is 7.35. The molecule has 1 aromatic heterocycles. The van der Waals surface area contributed by atoms with E-state index in [4.69, 9.17) is 0 Å². The molecule has 0 aliphatic carbocycles. The minimum Gasteiger partial charge on any atom is -0.305 e. The number of benzene rings is 1. The highest BCUT2D eigenvalue weighted by atomic mass is 14.9. The Labute approximate surface area is 115 Å². The average Bonchev–Trinajstić information content (AvgIpc) is 2.45. The highest BCUT2D eigenvalue weighted by Crippen LogP contribution is 2.22. The third-order valence-corrected chi connectivity index (χ3v) is 3.33. The lowest BCUT2D eigenvalue weighted by Gasteiger charge is -2.19. The molecule has 0 saturated carbocycles. The Morgan fingerprint density at radius 1 is 1.16 bits per heavy atom. The van der Waals surface area contributed by atoms with Gasteiger partial charge in [0.1, 0.15) is 0 Å². The summed E-state index contributed by atoms with van der Waals surface area (Å²) in [6.07, 6.45) is 2.95. The molecule has 2 nitrogen and oxygen atoms in total. The molecule has 0 amide bonds. The van der Waals surface area contributed by atoms with Crippen LogP contribution in [-0.2, 0) is 6.42 Å². The lowest BCUT2D eigenvalue weighted by molar-refractivity contribution is 0.614. The van der Waals surface area contributed by atoms with Gasteiger partial charge < -0.3 is 5.32 Å². The molecule has 1 aromatic carbocycles. The number of hydrogen-bond acceptors (Lipinski definition) is 2. The molecule has 0 fully saturated rings. The Balaban J connectivity index is 2.38. The first kappa shape index (κ1) is 13.8. The molecule has 19 heavy (non-hydrogen) atoms. The van der Waals surface area contributed by atoms with Crippen LogP contribution in [0.3, 0.4) is 0 Å². The molecular weight excluding hydrogens is 232 g/mol. The van der Waals surface area contributed by atoms with Gasteiger partial charge in [0.2, 0.25) is 0 Å². The summed E-state index contributed by atoms with van der Waals surface area (Å²) in [6, 6.07) is 13.1. The minimum atomic E-state index is 0.177. The fraction of sp³-hybridized carbons (Fsp3) is 0.353. The molecule has 1 unspecified atom stereocenters. The van der Waals surface area contributed by atoms with Gasteiger partial charge in [-0.3, -0.25) is 4.98 Å². The van der Waals surface area contributed by atoms with Gasteiger partial charge in [-0.15, -0.1) is 0 Å². The van der Waals surface area contributed by atoms with Gasteiger partial charge in [0.15, 0.2) is 0 Å². The number of aromatic nitrogens is 1. The molecule has 0 aliphatic rings. The molecule has 1 heterocycles. The number of nitrogens with one attached hydrogen (secondary N) is 1. The number of aryl methyl sites for hydroxylation is 2. The second-order valence-electron chi connectivity index (χ2n) is 4.85. The smallest absolute Gasteiger partial charge is 0.0751 e. The normalized spacial score (nSPS) is 12.4. The lowest BCUT2D eigenvalue weighted by Crippen LogP contribution is -2.23. The Morgan fingerprint density at radius 3 is 2.68 bits per heavy atom. The van der Waals surface area contributed by atoms with E-state index >= 15 is 0 Å². The molecule has 0 aliphatic heterocycles. The van der Waals surface area contributed by atoms with Crippen LogP contribution in [0, 0.1) is 6.92 Å². The van der Waals surface area contributed by atoms with Crippen LogP contribution in [0.1, 0.15) is 42.3 Å². The first-order chi connectivity index (χ1) is 9.24. The Kier molecular flexibility index (Phi) is 4.69. The van der Waals surface area contributed by atoms with E-state index in [0.29, 0.717) is 0 Å². The highest BCUT2D eigenvalue weighted by molar-refractivity contribution is 5.32. The quantitative estimate of drug-likeness (QED) is 0.881. The Bertz CT molecular complexity index is 534. The van der Waals surface area contributed by atoms with E-state index in [-0.39, 0.29) is 6.04 Å². The molecule has 0 saturated heterocycles. The summed E-state index contributed by atoms with van der Waals surface area (Å²) in [7, 11) is 0. The van der Waals surface area contributed by atoms with Crippen molar-refractivity contribution >= 4 is 0 Å². The maximum absolute atomic E-state index is 4.53. The average molecular weight is 254 g/mol. The Hall–Kier alpha value is -1.67. The molecule has 0 spiro atoms. The number of pyridine rings is 1. The summed E-state index contributed by atoms with van der Waals surface area (Å²) in [5.41, 5.74) is 5.00. The maximum Gasteiger partial charge on any atom is 0.0751 e. The molecule has 2 aromatic rings. The van der Waals surface area contributed by atoms with Crippen LogP contribution in [0.4, 0.5) is 0 Å². The van der Waals surface area contributed by atoms with E-state index < -0.39 is 0 Å². The van der Waals surface area contributed by atoms with Gasteiger partial charge in [-0.2, -0.15) is 0 Å². The predicted octanol–water partition coefficient (Wildman–Crippen LogP) is 3.65. The molecule has 2 rings (SSSR count).